The minimum absolute atomic E-state index is 0.0826. The van der Waals surface area contributed by atoms with E-state index in [4.69, 9.17) is 22.0 Å². The van der Waals surface area contributed by atoms with Crippen LogP contribution < -0.4 is 11.5 Å². The number of rotatable bonds is 6. The molecule has 88 valence electrons. The summed E-state index contributed by atoms with van der Waals surface area (Å²) in [5.41, 5.74) is 8.91. The van der Waals surface area contributed by atoms with Crippen LogP contribution >= 0.6 is 0 Å². The molecule has 0 rings (SSSR count). The lowest BCUT2D eigenvalue weighted by molar-refractivity contribution is 0.440. The maximum Gasteiger partial charge on any atom is 0.179 e. The van der Waals surface area contributed by atoms with Gasteiger partial charge in [0.15, 0.2) is 11.1 Å². The maximum atomic E-state index is 8.99. The highest BCUT2D eigenvalue weighted by Gasteiger charge is 2.30. The van der Waals surface area contributed by atoms with Crippen LogP contribution in [-0.4, -0.2) is 24.2 Å². The molecule has 6 heteroatoms. The fourth-order valence-corrected chi connectivity index (χ4v) is 0.997. The van der Waals surface area contributed by atoms with Crippen molar-refractivity contribution in [1.29, 1.82) is 10.5 Å². The van der Waals surface area contributed by atoms with E-state index >= 15 is 0 Å². The van der Waals surface area contributed by atoms with Gasteiger partial charge < -0.3 is 11.5 Å². The summed E-state index contributed by atoms with van der Waals surface area (Å²) < 4.78 is 0. The van der Waals surface area contributed by atoms with Gasteiger partial charge in [-0.25, -0.2) is 0 Å². The summed E-state index contributed by atoms with van der Waals surface area (Å²) in [6.45, 7) is 3.77. The SMILES string of the molecule is CCC(C#N)(CN)/N=N/C(C#N)(CC)CN. The first-order valence-corrected chi connectivity index (χ1v) is 5.24. The summed E-state index contributed by atoms with van der Waals surface area (Å²) in [5, 5.41) is 25.9. The van der Waals surface area contributed by atoms with E-state index in [1.54, 1.807) is 13.8 Å². The average molecular weight is 222 g/mol. The molecule has 0 aliphatic carbocycles. The molecule has 0 radical (unpaired) electrons. The molecule has 0 saturated heterocycles. The summed E-state index contributed by atoms with van der Waals surface area (Å²) in [6.07, 6.45) is 0.915. The molecule has 2 unspecified atom stereocenters. The van der Waals surface area contributed by atoms with Crippen molar-refractivity contribution in [3.05, 3.63) is 0 Å². The zero-order chi connectivity index (χ0) is 12.7. The molecular formula is C10H18N6. The first-order valence-electron chi connectivity index (χ1n) is 5.24. The molecule has 0 bridgehead atoms. The van der Waals surface area contributed by atoms with Crippen molar-refractivity contribution in [2.24, 2.45) is 21.7 Å². The molecule has 0 saturated carbocycles. The first-order chi connectivity index (χ1) is 7.57. The summed E-state index contributed by atoms with van der Waals surface area (Å²) in [4.78, 5) is 0. The maximum absolute atomic E-state index is 8.99. The summed E-state index contributed by atoms with van der Waals surface area (Å²) in [7, 11) is 0. The monoisotopic (exact) mass is 222 g/mol. The van der Waals surface area contributed by atoms with Gasteiger partial charge in [-0.1, -0.05) is 13.8 Å². The van der Waals surface area contributed by atoms with E-state index in [-0.39, 0.29) is 13.1 Å². The van der Waals surface area contributed by atoms with Crippen molar-refractivity contribution < 1.29 is 0 Å². The summed E-state index contributed by atoms with van der Waals surface area (Å²) in [5.74, 6) is 0. The van der Waals surface area contributed by atoms with Crippen molar-refractivity contribution >= 4 is 0 Å². The Bertz CT molecular complexity index is 281. The van der Waals surface area contributed by atoms with E-state index in [1.165, 1.54) is 0 Å². The number of nitrogens with zero attached hydrogens (tertiary/aromatic N) is 4. The standard InChI is InChI=1S/C10H18N6/c1-3-9(5-11,6-12)15-16-10(4-2,7-13)8-14/h3-5,7,11,13H2,1-2H3/b16-15+. The van der Waals surface area contributed by atoms with Crippen LogP contribution in [0.1, 0.15) is 26.7 Å². The number of azo groups is 1. The largest absolute Gasteiger partial charge is 0.327 e. The van der Waals surface area contributed by atoms with Gasteiger partial charge in [-0.15, -0.1) is 0 Å². The van der Waals surface area contributed by atoms with Crippen molar-refractivity contribution in [2.45, 2.75) is 37.8 Å². The van der Waals surface area contributed by atoms with Crippen LogP contribution in [0.15, 0.2) is 10.2 Å². The second-order valence-electron chi connectivity index (χ2n) is 3.60. The Labute approximate surface area is 95.9 Å². The van der Waals surface area contributed by atoms with E-state index in [0.29, 0.717) is 12.8 Å². The first kappa shape index (κ1) is 14.5. The molecule has 0 spiro atoms. The fraction of sp³-hybridized carbons (Fsp3) is 0.800. The molecule has 0 aromatic rings. The fourth-order valence-electron chi connectivity index (χ4n) is 0.997. The van der Waals surface area contributed by atoms with Crippen molar-refractivity contribution in [3.63, 3.8) is 0 Å². The van der Waals surface area contributed by atoms with Crippen LogP contribution in [0.5, 0.6) is 0 Å². The summed E-state index contributed by atoms with van der Waals surface area (Å²) >= 11 is 0. The third-order valence-electron chi connectivity index (χ3n) is 2.69. The van der Waals surface area contributed by atoms with Gasteiger partial charge in [-0.05, 0) is 12.8 Å². The van der Waals surface area contributed by atoms with Gasteiger partial charge in [-0.3, -0.25) is 0 Å². The number of nitriles is 2. The minimum Gasteiger partial charge on any atom is -0.327 e. The zero-order valence-electron chi connectivity index (χ0n) is 9.77. The Morgan fingerprint density at radius 1 is 0.938 bits per heavy atom. The van der Waals surface area contributed by atoms with Gasteiger partial charge in [0.1, 0.15) is 0 Å². The van der Waals surface area contributed by atoms with Crippen molar-refractivity contribution in [3.8, 4) is 12.1 Å². The third-order valence-corrected chi connectivity index (χ3v) is 2.69. The lowest BCUT2D eigenvalue weighted by Gasteiger charge is -2.20. The molecule has 0 fully saturated rings. The van der Waals surface area contributed by atoms with E-state index in [1.807, 2.05) is 12.1 Å². The van der Waals surface area contributed by atoms with Crippen molar-refractivity contribution in [1.82, 2.24) is 0 Å². The van der Waals surface area contributed by atoms with E-state index in [9.17, 15) is 0 Å². The smallest absolute Gasteiger partial charge is 0.179 e. The second-order valence-corrected chi connectivity index (χ2v) is 3.60. The van der Waals surface area contributed by atoms with E-state index < -0.39 is 11.1 Å². The minimum atomic E-state index is -1.04. The number of hydrogen-bond acceptors (Lipinski definition) is 6. The van der Waals surface area contributed by atoms with Crippen LogP contribution in [0.3, 0.4) is 0 Å². The van der Waals surface area contributed by atoms with Gasteiger partial charge in [0.2, 0.25) is 0 Å². The molecular weight excluding hydrogens is 204 g/mol. The predicted octanol–water partition coefficient (Wildman–Crippen LogP) is 0.701. The highest BCUT2D eigenvalue weighted by Crippen LogP contribution is 2.19. The highest BCUT2D eigenvalue weighted by molar-refractivity contribution is 5.11. The molecule has 2 atom stereocenters. The van der Waals surface area contributed by atoms with Crippen LogP contribution in [-0.2, 0) is 0 Å². The van der Waals surface area contributed by atoms with Gasteiger partial charge in [0.25, 0.3) is 0 Å². The number of nitrogens with two attached hydrogens (primary N) is 2. The molecule has 0 heterocycles. The zero-order valence-corrected chi connectivity index (χ0v) is 9.77. The molecule has 0 amide bonds. The Kier molecular flexibility index (Phi) is 5.59. The topological polar surface area (TPSA) is 124 Å². The molecule has 4 N–H and O–H groups in total. The van der Waals surface area contributed by atoms with Crippen LogP contribution in [0.25, 0.3) is 0 Å². The van der Waals surface area contributed by atoms with Crippen LogP contribution in [0, 0.1) is 22.7 Å². The van der Waals surface area contributed by atoms with Crippen molar-refractivity contribution in [2.75, 3.05) is 13.1 Å². The molecule has 6 nitrogen and oxygen atoms in total. The lowest BCUT2D eigenvalue weighted by atomic mass is 9.98. The molecule has 0 aliphatic heterocycles. The normalized spacial score (nSPS) is 18.4. The average Bonchev–Trinajstić information content (AvgIpc) is 2.37. The van der Waals surface area contributed by atoms with Gasteiger partial charge in [0.05, 0.1) is 12.1 Å². The molecule has 0 aromatic carbocycles. The van der Waals surface area contributed by atoms with Gasteiger partial charge in [0, 0.05) is 13.1 Å². The Morgan fingerprint density at radius 3 is 1.38 bits per heavy atom. The van der Waals surface area contributed by atoms with Crippen LogP contribution in [0.2, 0.25) is 0 Å². The van der Waals surface area contributed by atoms with Crippen LogP contribution in [0.4, 0.5) is 0 Å². The summed E-state index contributed by atoms with van der Waals surface area (Å²) in [6, 6.07) is 4.05. The molecule has 0 aromatic heterocycles. The molecule has 16 heavy (non-hydrogen) atoms. The number of hydrogen-bond donors (Lipinski definition) is 2. The Balaban J connectivity index is 5.08. The molecule has 0 aliphatic rings. The Morgan fingerprint density at radius 2 is 1.25 bits per heavy atom. The quantitative estimate of drug-likeness (QED) is 0.641. The second kappa shape index (κ2) is 6.16. The van der Waals surface area contributed by atoms with Gasteiger partial charge in [-0.2, -0.15) is 20.8 Å². The Hall–Kier alpha value is -1.50. The predicted molar refractivity (Wildman–Crippen MR) is 60.2 cm³/mol. The van der Waals surface area contributed by atoms with E-state index in [2.05, 4.69) is 10.2 Å². The lowest BCUT2D eigenvalue weighted by Crippen LogP contribution is -2.37. The van der Waals surface area contributed by atoms with Gasteiger partial charge >= 0.3 is 0 Å². The highest BCUT2D eigenvalue weighted by atomic mass is 15.2. The third kappa shape index (κ3) is 2.99. The van der Waals surface area contributed by atoms with E-state index in [0.717, 1.165) is 0 Å².